The number of ether oxygens (including phenoxy) is 1. The van der Waals surface area contributed by atoms with Crippen molar-refractivity contribution in [2.75, 3.05) is 7.11 Å². The van der Waals surface area contributed by atoms with Crippen LogP contribution in [0.15, 0.2) is 59.1 Å². The predicted molar refractivity (Wildman–Crippen MR) is 101 cm³/mol. The fourth-order valence-corrected chi connectivity index (χ4v) is 4.05. The maximum absolute atomic E-state index is 13.1. The molecule has 1 heterocycles. The Balaban J connectivity index is 1.93. The number of hydrogen-bond donors (Lipinski definition) is 0. The summed E-state index contributed by atoms with van der Waals surface area (Å²) in [5, 5.41) is 0. The molecule has 0 N–H and O–H groups in total. The average molecular weight is 345 g/mol. The van der Waals surface area contributed by atoms with Crippen molar-refractivity contribution in [3.05, 3.63) is 70.8 Å². The second-order valence-electron chi connectivity index (χ2n) is 6.73. The predicted octanol–water partition coefficient (Wildman–Crippen LogP) is 4.07. The van der Waals surface area contributed by atoms with Gasteiger partial charge in [0.05, 0.1) is 18.7 Å². The highest BCUT2D eigenvalue weighted by Gasteiger charge is 2.44. The van der Waals surface area contributed by atoms with E-state index in [4.69, 9.17) is 4.74 Å². The van der Waals surface area contributed by atoms with E-state index in [1.165, 1.54) is 0 Å². The van der Waals surface area contributed by atoms with Crippen LogP contribution in [0.5, 0.6) is 5.75 Å². The molecule has 4 nitrogen and oxygen atoms in total. The summed E-state index contributed by atoms with van der Waals surface area (Å²) < 4.78 is 5.24. The lowest BCUT2D eigenvalue weighted by molar-refractivity contribution is -0.119. The normalized spacial score (nSPS) is 21.2. The standard InChI is InChI=1S/C22H19NO3/c1-12-18(13(2)24)19(14-8-10-15(26-3)11-9-14)20-21(23-12)16-6-4-5-7-17(16)22(20)25/h4-11,18-19H,1-3H3/t18?,19-/m0/s1. The molecule has 2 atom stereocenters. The first-order chi connectivity index (χ1) is 12.5. The van der Waals surface area contributed by atoms with Gasteiger partial charge in [0.15, 0.2) is 5.78 Å². The molecule has 26 heavy (non-hydrogen) atoms. The lowest BCUT2D eigenvalue weighted by Gasteiger charge is -2.30. The minimum absolute atomic E-state index is 0.0161. The zero-order chi connectivity index (χ0) is 18.4. The number of ketones is 2. The van der Waals surface area contributed by atoms with Gasteiger partial charge in [-0.15, -0.1) is 0 Å². The first kappa shape index (κ1) is 16.5. The molecule has 1 aliphatic heterocycles. The van der Waals surface area contributed by atoms with Crippen LogP contribution in [0, 0.1) is 5.92 Å². The van der Waals surface area contributed by atoms with Crippen molar-refractivity contribution in [2.45, 2.75) is 19.8 Å². The lowest BCUT2D eigenvalue weighted by Crippen LogP contribution is -2.32. The number of rotatable bonds is 3. The number of carbonyl (C=O) groups is 2. The number of aliphatic imine (C=N–C) groups is 1. The number of methoxy groups -OCH3 is 1. The molecule has 0 aromatic heterocycles. The molecule has 2 aromatic rings. The quantitative estimate of drug-likeness (QED) is 0.843. The summed E-state index contributed by atoms with van der Waals surface area (Å²) >= 11 is 0. The van der Waals surface area contributed by atoms with Gasteiger partial charge in [-0.1, -0.05) is 36.4 Å². The summed E-state index contributed by atoms with van der Waals surface area (Å²) in [6.07, 6.45) is 0. The second-order valence-corrected chi connectivity index (χ2v) is 6.73. The number of fused-ring (bicyclic) bond motifs is 2. The van der Waals surface area contributed by atoms with Crippen LogP contribution < -0.4 is 4.74 Å². The molecule has 0 amide bonds. The number of carbonyl (C=O) groups excluding carboxylic acids is 2. The average Bonchev–Trinajstić information content (AvgIpc) is 2.93. The highest BCUT2D eigenvalue weighted by molar-refractivity contribution is 6.25. The number of nitrogens with zero attached hydrogens (tertiary/aromatic N) is 1. The zero-order valence-electron chi connectivity index (χ0n) is 14.9. The highest BCUT2D eigenvalue weighted by Crippen LogP contribution is 2.48. The van der Waals surface area contributed by atoms with Crippen molar-refractivity contribution in [3.8, 4) is 5.75 Å². The summed E-state index contributed by atoms with van der Waals surface area (Å²) in [6, 6.07) is 15.1. The van der Waals surface area contributed by atoms with Gasteiger partial charge in [0.25, 0.3) is 0 Å². The van der Waals surface area contributed by atoms with Crippen molar-refractivity contribution in [1.82, 2.24) is 0 Å². The number of benzene rings is 2. The van der Waals surface area contributed by atoms with Crippen molar-refractivity contribution >= 4 is 23.0 Å². The molecule has 1 aliphatic carbocycles. The van der Waals surface area contributed by atoms with E-state index >= 15 is 0 Å². The van der Waals surface area contributed by atoms with Gasteiger partial charge < -0.3 is 4.74 Å². The Bertz CT molecular complexity index is 983. The molecular formula is C22H19NO3. The van der Waals surface area contributed by atoms with Gasteiger partial charge in [-0.2, -0.15) is 0 Å². The second kappa shape index (κ2) is 6.06. The van der Waals surface area contributed by atoms with E-state index in [2.05, 4.69) is 4.99 Å². The maximum atomic E-state index is 13.1. The lowest BCUT2D eigenvalue weighted by atomic mass is 9.73. The Morgan fingerprint density at radius 1 is 1.04 bits per heavy atom. The van der Waals surface area contributed by atoms with E-state index < -0.39 is 5.92 Å². The fraction of sp³-hybridized carbons (Fsp3) is 0.227. The molecule has 4 heteroatoms. The fourth-order valence-electron chi connectivity index (χ4n) is 4.05. The Labute approximate surface area is 152 Å². The summed E-state index contributed by atoms with van der Waals surface area (Å²) in [7, 11) is 1.61. The van der Waals surface area contributed by atoms with Crippen LogP contribution >= 0.6 is 0 Å². The Hall–Kier alpha value is -3.01. The Morgan fingerprint density at radius 2 is 1.69 bits per heavy atom. The molecular weight excluding hydrogens is 326 g/mol. The molecule has 0 bridgehead atoms. The highest BCUT2D eigenvalue weighted by atomic mass is 16.5. The smallest absolute Gasteiger partial charge is 0.192 e. The molecule has 0 saturated carbocycles. The van der Waals surface area contributed by atoms with E-state index in [1.54, 1.807) is 14.0 Å². The maximum Gasteiger partial charge on any atom is 0.192 e. The van der Waals surface area contributed by atoms with Crippen LogP contribution in [0.2, 0.25) is 0 Å². The van der Waals surface area contributed by atoms with Crippen molar-refractivity contribution in [3.63, 3.8) is 0 Å². The molecule has 2 aromatic carbocycles. The number of allylic oxidation sites excluding steroid dienone is 1. The molecule has 130 valence electrons. The summed E-state index contributed by atoms with van der Waals surface area (Å²) in [6.45, 7) is 3.44. The van der Waals surface area contributed by atoms with E-state index in [1.807, 2.05) is 55.5 Å². The largest absolute Gasteiger partial charge is 0.497 e. The molecule has 0 fully saturated rings. The van der Waals surface area contributed by atoms with Gasteiger partial charge in [-0.05, 0) is 31.5 Å². The Kier molecular flexibility index (Phi) is 3.83. The molecule has 1 unspecified atom stereocenters. The molecule has 0 radical (unpaired) electrons. The minimum atomic E-state index is -0.430. The molecule has 4 rings (SSSR count). The number of Topliss-reactive ketones (excluding diaryl/α,β-unsaturated/α-hetero) is 2. The van der Waals surface area contributed by atoms with Crippen LogP contribution in [0.4, 0.5) is 0 Å². The van der Waals surface area contributed by atoms with Crippen molar-refractivity contribution < 1.29 is 14.3 Å². The molecule has 0 spiro atoms. The molecule has 0 saturated heterocycles. The SMILES string of the molecule is COc1ccc([C@@H]2C3=C(N=C(C)C2C(C)=O)c2ccccc2C3=O)cc1. The summed E-state index contributed by atoms with van der Waals surface area (Å²) in [5.74, 6) is -0.0305. The Morgan fingerprint density at radius 3 is 2.31 bits per heavy atom. The summed E-state index contributed by atoms with van der Waals surface area (Å²) in [4.78, 5) is 30.3. The van der Waals surface area contributed by atoms with E-state index in [0.29, 0.717) is 16.8 Å². The monoisotopic (exact) mass is 345 g/mol. The first-order valence-electron chi connectivity index (χ1n) is 8.60. The van der Waals surface area contributed by atoms with Gasteiger partial charge in [0.1, 0.15) is 11.5 Å². The van der Waals surface area contributed by atoms with Crippen LogP contribution in [0.3, 0.4) is 0 Å². The van der Waals surface area contributed by atoms with Gasteiger partial charge in [0, 0.05) is 28.3 Å². The van der Waals surface area contributed by atoms with Crippen molar-refractivity contribution in [2.24, 2.45) is 10.9 Å². The zero-order valence-corrected chi connectivity index (χ0v) is 14.9. The third-order valence-corrected chi connectivity index (χ3v) is 5.22. The van der Waals surface area contributed by atoms with Gasteiger partial charge >= 0.3 is 0 Å². The van der Waals surface area contributed by atoms with E-state index in [9.17, 15) is 9.59 Å². The summed E-state index contributed by atoms with van der Waals surface area (Å²) in [5.41, 5.74) is 4.53. The molecule has 2 aliphatic rings. The van der Waals surface area contributed by atoms with Gasteiger partial charge in [0.2, 0.25) is 0 Å². The van der Waals surface area contributed by atoms with Crippen LogP contribution in [0.1, 0.15) is 41.3 Å². The number of hydrogen-bond acceptors (Lipinski definition) is 4. The van der Waals surface area contributed by atoms with E-state index in [-0.39, 0.29) is 17.5 Å². The topological polar surface area (TPSA) is 55.7 Å². The first-order valence-corrected chi connectivity index (χ1v) is 8.60. The van der Waals surface area contributed by atoms with Crippen molar-refractivity contribution in [1.29, 1.82) is 0 Å². The third-order valence-electron chi connectivity index (χ3n) is 5.22. The van der Waals surface area contributed by atoms with Crippen LogP contribution in [-0.4, -0.2) is 24.4 Å². The minimum Gasteiger partial charge on any atom is -0.497 e. The van der Waals surface area contributed by atoms with Crippen LogP contribution in [-0.2, 0) is 4.79 Å². The van der Waals surface area contributed by atoms with Crippen LogP contribution in [0.25, 0.3) is 5.70 Å². The van der Waals surface area contributed by atoms with Gasteiger partial charge in [-0.3, -0.25) is 14.6 Å². The van der Waals surface area contributed by atoms with Gasteiger partial charge in [-0.25, -0.2) is 0 Å². The van der Waals surface area contributed by atoms with E-state index in [0.717, 1.165) is 22.6 Å². The third kappa shape index (κ3) is 2.33.